The second kappa shape index (κ2) is 3.88. The molecule has 0 spiro atoms. The summed E-state index contributed by atoms with van der Waals surface area (Å²) < 4.78 is 0. The van der Waals surface area contributed by atoms with E-state index in [-0.39, 0.29) is 0 Å². The number of rotatable bonds is 2. The number of likely N-dealkylation sites (tertiary alicyclic amines) is 1. The Kier molecular flexibility index (Phi) is 3.09. The third kappa shape index (κ3) is 2.31. The first-order valence-electron chi connectivity index (χ1n) is 4.36. The fourth-order valence-electron chi connectivity index (χ4n) is 1.56. The molecule has 2 atom stereocenters. The highest BCUT2D eigenvalue weighted by molar-refractivity contribution is 4.87. The van der Waals surface area contributed by atoms with Gasteiger partial charge >= 0.3 is 0 Å². The van der Waals surface area contributed by atoms with E-state index in [2.05, 4.69) is 18.4 Å². The molecule has 0 aromatic heterocycles. The third-order valence-electron chi connectivity index (χ3n) is 2.41. The van der Waals surface area contributed by atoms with Gasteiger partial charge in [0.25, 0.3) is 0 Å². The molecule has 1 saturated heterocycles. The van der Waals surface area contributed by atoms with E-state index in [1.165, 1.54) is 19.4 Å². The molecule has 0 aliphatic carbocycles. The van der Waals surface area contributed by atoms with Gasteiger partial charge in [-0.05, 0) is 26.3 Å². The number of nitrogens with two attached hydrogens (primary N) is 1. The van der Waals surface area contributed by atoms with E-state index in [4.69, 9.17) is 5.73 Å². The topological polar surface area (TPSA) is 29.3 Å². The molecule has 2 heteroatoms. The van der Waals surface area contributed by atoms with Crippen LogP contribution < -0.4 is 5.73 Å². The summed E-state index contributed by atoms with van der Waals surface area (Å²) in [6.07, 6.45) is 4.40. The van der Waals surface area contributed by atoms with E-state index in [1.807, 2.05) is 6.08 Å². The van der Waals surface area contributed by atoms with E-state index in [9.17, 15) is 0 Å². The molecule has 2 nitrogen and oxygen atoms in total. The Morgan fingerprint density at radius 1 is 1.73 bits per heavy atom. The number of hydrogen-bond donors (Lipinski definition) is 1. The summed E-state index contributed by atoms with van der Waals surface area (Å²) in [6, 6.07) is 0.868. The van der Waals surface area contributed by atoms with Gasteiger partial charge in [-0.2, -0.15) is 0 Å². The number of nitrogens with zero attached hydrogens (tertiary/aromatic N) is 1. The molecule has 0 aromatic rings. The predicted molar refractivity (Wildman–Crippen MR) is 48.4 cm³/mol. The Morgan fingerprint density at radius 2 is 2.45 bits per heavy atom. The van der Waals surface area contributed by atoms with Crippen molar-refractivity contribution in [3.8, 4) is 0 Å². The van der Waals surface area contributed by atoms with Gasteiger partial charge in [0, 0.05) is 18.6 Å². The number of hydrogen-bond acceptors (Lipinski definition) is 2. The van der Waals surface area contributed by atoms with Gasteiger partial charge in [-0.25, -0.2) is 0 Å². The van der Waals surface area contributed by atoms with Crippen molar-refractivity contribution in [3.05, 3.63) is 12.7 Å². The second-order valence-corrected chi connectivity index (χ2v) is 3.37. The summed E-state index contributed by atoms with van der Waals surface area (Å²) in [5.74, 6) is 0. The van der Waals surface area contributed by atoms with E-state index >= 15 is 0 Å². The minimum Gasteiger partial charge on any atom is -0.327 e. The quantitative estimate of drug-likeness (QED) is 0.601. The fraction of sp³-hybridized carbons (Fsp3) is 0.778. The summed E-state index contributed by atoms with van der Waals surface area (Å²) in [5.41, 5.74) is 5.84. The standard InChI is InChI=1S/C9H18N2/c1-3-8(2)11-6-4-5-9(10)7-11/h3,8-9H,1,4-7,10H2,2H3/t8?,9-/m1/s1. The monoisotopic (exact) mass is 154 g/mol. The summed E-state index contributed by atoms with van der Waals surface area (Å²) in [7, 11) is 0. The van der Waals surface area contributed by atoms with Gasteiger partial charge in [0.15, 0.2) is 0 Å². The Bertz CT molecular complexity index is 134. The minimum atomic E-state index is 0.381. The summed E-state index contributed by atoms with van der Waals surface area (Å²) in [4.78, 5) is 2.39. The van der Waals surface area contributed by atoms with Crippen molar-refractivity contribution in [2.24, 2.45) is 5.73 Å². The molecule has 1 rings (SSSR count). The molecule has 0 amide bonds. The average molecular weight is 154 g/mol. The molecule has 1 aliphatic heterocycles. The number of piperidine rings is 1. The lowest BCUT2D eigenvalue weighted by atomic mass is 10.1. The molecule has 0 saturated carbocycles. The lowest BCUT2D eigenvalue weighted by molar-refractivity contribution is 0.184. The van der Waals surface area contributed by atoms with Crippen LogP contribution in [0, 0.1) is 0 Å². The Labute approximate surface area is 69.1 Å². The van der Waals surface area contributed by atoms with Gasteiger partial charge in [-0.15, -0.1) is 6.58 Å². The van der Waals surface area contributed by atoms with Crippen LogP contribution in [0.15, 0.2) is 12.7 Å². The first-order chi connectivity index (χ1) is 5.24. The molecule has 11 heavy (non-hydrogen) atoms. The zero-order chi connectivity index (χ0) is 8.27. The normalized spacial score (nSPS) is 29.8. The maximum Gasteiger partial charge on any atom is 0.0247 e. The molecule has 0 bridgehead atoms. The molecule has 64 valence electrons. The summed E-state index contributed by atoms with van der Waals surface area (Å²) in [5, 5.41) is 0. The van der Waals surface area contributed by atoms with Crippen LogP contribution in [-0.4, -0.2) is 30.1 Å². The summed E-state index contributed by atoms with van der Waals surface area (Å²) >= 11 is 0. The molecule has 2 N–H and O–H groups in total. The highest BCUT2D eigenvalue weighted by Crippen LogP contribution is 2.11. The van der Waals surface area contributed by atoms with Crippen molar-refractivity contribution in [1.82, 2.24) is 4.90 Å². The van der Waals surface area contributed by atoms with E-state index < -0.39 is 0 Å². The third-order valence-corrected chi connectivity index (χ3v) is 2.41. The molecule has 1 aliphatic rings. The largest absolute Gasteiger partial charge is 0.327 e. The van der Waals surface area contributed by atoms with E-state index in [0.717, 1.165) is 6.54 Å². The SMILES string of the molecule is C=CC(C)N1CCC[C@@H](N)C1. The Balaban J connectivity index is 2.38. The van der Waals surface area contributed by atoms with Crippen LogP contribution in [0.25, 0.3) is 0 Å². The highest BCUT2D eigenvalue weighted by Gasteiger charge is 2.18. The maximum absolute atomic E-state index is 5.84. The van der Waals surface area contributed by atoms with E-state index in [0.29, 0.717) is 12.1 Å². The minimum absolute atomic E-state index is 0.381. The van der Waals surface area contributed by atoms with Crippen molar-refractivity contribution < 1.29 is 0 Å². The second-order valence-electron chi connectivity index (χ2n) is 3.37. The van der Waals surface area contributed by atoms with Gasteiger partial charge < -0.3 is 5.73 Å². The summed E-state index contributed by atoms with van der Waals surface area (Å²) in [6.45, 7) is 8.17. The van der Waals surface area contributed by atoms with Gasteiger partial charge in [0.1, 0.15) is 0 Å². The first kappa shape index (κ1) is 8.75. The van der Waals surface area contributed by atoms with Crippen molar-refractivity contribution in [2.75, 3.05) is 13.1 Å². The molecular weight excluding hydrogens is 136 g/mol. The highest BCUT2D eigenvalue weighted by atomic mass is 15.2. The zero-order valence-corrected chi connectivity index (χ0v) is 7.29. The lowest BCUT2D eigenvalue weighted by Crippen LogP contribution is -2.46. The van der Waals surface area contributed by atoms with E-state index in [1.54, 1.807) is 0 Å². The van der Waals surface area contributed by atoms with Crippen LogP contribution in [-0.2, 0) is 0 Å². The maximum atomic E-state index is 5.84. The first-order valence-corrected chi connectivity index (χ1v) is 4.36. The zero-order valence-electron chi connectivity index (χ0n) is 7.29. The fourth-order valence-corrected chi connectivity index (χ4v) is 1.56. The van der Waals surface area contributed by atoms with Crippen LogP contribution in [0.5, 0.6) is 0 Å². The molecule has 1 heterocycles. The van der Waals surface area contributed by atoms with Crippen molar-refractivity contribution in [3.63, 3.8) is 0 Å². The van der Waals surface area contributed by atoms with Crippen LogP contribution in [0.3, 0.4) is 0 Å². The van der Waals surface area contributed by atoms with Gasteiger partial charge in [0.05, 0.1) is 0 Å². The van der Waals surface area contributed by atoms with Gasteiger partial charge in [0.2, 0.25) is 0 Å². The van der Waals surface area contributed by atoms with Crippen LogP contribution in [0.2, 0.25) is 0 Å². The molecule has 0 radical (unpaired) electrons. The van der Waals surface area contributed by atoms with Crippen LogP contribution in [0.4, 0.5) is 0 Å². The molecule has 0 aromatic carbocycles. The van der Waals surface area contributed by atoms with Gasteiger partial charge in [-0.3, -0.25) is 4.90 Å². The average Bonchev–Trinajstić information content (AvgIpc) is 2.03. The molecular formula is C9H18N2. The van der Waals surface area contributed by atoms with Crippen LogP contribution in [0.1, 0.15) is 19.8 Å². The van der Waals surface area contributed by atoms with Gasteiger partial charge in [-0.1, -0.05) is 6.08 Å². The van der Waals surface area contributed by atoms with Crippen molar-refractivity contribution >= 4 is 0 Å². The predicted octanol–water partition coefficient (Wildman–Crippen LogP) is 0.984. The van der Waals surface area contributed by atoms with Crippen molar-refractivity contribution in [1.29, 1.82) is 0 Å². The van der Waals surface area contributed by atoms with Crippen molar-refractivity contribution in [2.45, 2.75) is 31.8 Å². The Morgan fingerprint density at radius 3 is 3.00 bits per heavy atom. The lowest BCUT2D eigenvalue weighted by Gasteiger charge is -2.33. The van der Waals surface area contributed by atoms with Crippen LogP contribution >= 0.6 is 0 Å². The smallest absolute Gasteiger partial charge is 0.0247 e. The molecule has 1 fully saturated rings. The Hall–Kier alpha value is -0.340. The molecule has 1 unspecified atom stereocenters.